The minimum atomic E-state index is 0.833. The van der Waals surface area contributed by atoms with Gasteiger partial charge in [0.1, 0.15) is 5.82 Å². The second kappa shape index (κ2) is 4.17. The molecule has 2 rings (SSSR count). The number of benzene rings is 1. The molecule has 0 atom stereocenters. The number of anilines is 1. The molecule has 0 unspecified atom stereocenters. The van der Waals surface area contributed by atoms with Crippen LogP contribution in [0.3, 0.4) is 0 Å². The first kappa shape index (κ1) is 9.77. The van der Waals surface area contributed by atoms with Gasteiger partial charge in [-0.2, -0.15) is 5.10 Å². The minimum absolute atomic E-state index is 0.833. The minimum Gasteiger partial charge on any atom is -0.366 e. The van der Waals surface area contributed by atoms with Gasteiger partial charge < -0.3 is 5.32 Å². The van der Waals surface area contributed by atoms with Crippen LogP contribution in [0.25, 0.3) is 0 Å². The fraction of sp³-hybridized carbons (Fsp3) is 0.250. The average Bonchev–Trinajstić information content (AvgIpc) is 2.63. The number of hydrogen-bond acceptors (Lipinski definition) is 2. The Bertz CT molecular complexity index is 428. The molecule has 1 N–H and O–H groups in total. The number of nitrogens with one attached hydrogen (secondary N) is 1. The molecule has 3 nitrogen and oxygen atoms in total. The summed E-state index contributed by atoms with van der Waals surface area (Å²) in [6.45, 7) is 2.93. The molecule has 2 aromatic rings. The van der Waals surface area contributed by atoms with E-state index in [0.29, 0.717) is 0 Å². The maximum absolute atomic E-state index is 4.10. The Morgan fingerprint density at radius 2 is 1.93 bits per heavy atom. The summed E-state index contributed by atoms with van der Waals surface area (Å²) in [6, 6.07) is 10.5. The molecule has 0 aliphatic carbocycles. The average molecular weight is 201 g/mol. The monoisotopic (exact) mass is 201 g/mol. The molecule has 0 aliphatic rings. The lowest BCUT2D eigenvalue weighted by Crippen LogP contribution is -2.04. The third-order valence-corrected chi connectivity index (χ3v) is 2.42. The molecule has 78 valence electrons. The van der Waals surface area contributed by atoms with Gasteiger partial charge in [0.2, 0.25) is 0 Å². The molecule has 1 heterocycles. The van der Waals surface area contributed by atoms with Crippen molar-refractivity contribution in [1.29, 1.82) is 0 Å². The zero-order valence-electron chi connectivity index (χ0n) is 9.07. The molecular weight excluding hydrogens is 186 g/mol. The van der Waals surface area contributed by atoms with E-state index in [1.165, 1.54) is 11.1 Å². The van der Waals surface area contributed by atoms with Crippen LogP contribution < -0.4 is 5.32 Å². The Kier molecular flexibility index (Phi) is 2.72. The topological polar surface area (TPSA) is 29.9 Å². The zero-order chi connectivity index (χ0) is 10.7. The summed E-state index contributed by atoms with van der Waals surface area (Å²) in [5, 5.41) is 7.43. The van der Waals surface area contributed by atoms with Crippen LogP contribution in [-0.4, -0.2) is 9.78 Å². The zero-order valence-corrected chi connectivity index (χ0v) is 9.07. The van der Waals surface area contributed by atoms with E-state index in [9.17, 15) is 0 Å². The molecule has 1 aromatic carbocycles. The Hall–Kier alpha value is -1.77. The number of nitrogens with zero attached hydrogens (tertiary/aromatic N) is 2. The van der Waals surface area contributed by atoms with Crippen molar-refractivity contribution < 1.29 is 0 Å². The Morgan fingerprint density at radius 3 is 2.53 bits per heavy atom. The highest BCUT2D eigenvalue weighted by Gasteiger charge is 1.97. The van der Waals surface area contributed by atoms with Gasteiger partial charge in [-0.25, -0.2) is 0 Å². The quantitative estimate of drug-likeness (QED) is 0.826. The van der Waals surface area contributed by atoms with Gasteiger partial charge in [0.15, 0.2) is 0 Å². The van der Waals surface area contributed by atoms with E-state index in [-0.39, 0.29) is 0 Å². The third kappa shape index (κ3) is 2.37. The smallest absolute Gasteiger partial charge is 0.124 e. The predicted octanol–water partition coefficient (Wildman–Crippen LogP) is 2.34. The van der Waals surface area contributed by atoms with E-state index in [0.717, 1.165) is 12.4 Å². The summed E-state index contributed by atoms with van der Waals surface area (Å²) in [4.78, 5) is 0. The van der Waals surface area contributed by atoms with Crippen molar-refractivity contribution >= 4 is 5.82 Å². The van der Waals surface area contributed by atoms with E-state index < -0.39 is 0 Å². The van der Waals surface area contributed by atoms with Crippen molar-refractivity contribution in [3.05, 3.63) is 47.7 Å². The first-order valence-corrected chi connectivity index (χ1v) is 5.03. The van der Waals surface area contributed by atoms with Gasteiger partial charge >= 0.3 is 0 Å². The van der Waals surface area contributed by atoms with E-state index in [4.69, 9.17) is 0 Å². The molecule has 0 saturated carbocycles. The predicted molar refractivity (Wildman–Crippen MR) is 61.7 cm³/mol. The van der Waals surface area contributed by atoms with Gasteiger partial charge in [-0.1, -0.05) is 29.8 Å². The molecule has 0 bridgehead atoms. The van der Waals surface area contributed by atoms with Crippen LogP contribution in [-0.2, 0) is 13.6 Å². The summed E-state index contributed by atoms with van der Waals surface area (Å²) in [7, 11) is 1.93. The highest BCUT2D eigenvalue weighted by Crippen LogP contribution is 2.08. The van der Waals surface area contributed by atoms with E-state index in [2.05, 4.69) is 41.6 Å². The lowest BCUT2D eigenvalue weighted by Gasteiger charge is -2.06. The maximum Gasteiger partial charge on any atom is 0.124 e. The SMILES string of the molecule is Cc1ccc(CNc2ccnn2C)cc1. The number of hydrogen-bond donors (Lipinski definition) is 1. The lowest BCUT2D eigenvalue weighted by atomic mass is 10.1. The summed E-state index contributed by atoms with van der Waals surface area (Å²) in [6.07, 6.45) is 1.79. The first-order chi connectivity index (χ1) is 7.25. The van der Waals surface area contributed by atoms with E-state index in [1.807, 2.05) is 17.8 Å². The second-order valence-corrected chi connectivity index (χ2v) is 3.68. The van der Waals surface area contributed by atoms with Gasteiger partial charge in [-0.3, -0.25) is 4.68 Å². The van der Waals surface area contributed by atoms with Crippen LogP contribution in [0.2, 0.25) is 0 Å². The van der Waals surface area contributed by atoms with E-state index >= 15 is 0 Å². The first-order valence-electron chi connectivity index (χ1n) is 5.03. The normalized spacial score (nSPS) is 10.3. The standard InChI is InChI=1S/C12H15N3/c1-10-3-5-11(6-4-10)9-13-12-7-8-14-15(12)2/h3-8,13H,9H2,1-2H3. The van der Waals surface area contributed by atoms with Crippen molar-refractivity contribution in [3.63, 3.8) is 0 Å². The highest BCUT2D eigenvalue weighted by atomic mass is 15.3. The van der Waals surface area contributed by atoms with E-state index in [1.54, 1.807) is 6.20 Å². The molecule has 15 heavy (non-hydrogen) atoms. The van der Waals surface area contributed by atoms with Gasteiger partial charge in [0.25, 0.3) is 0 Å². The number of aromatic nitrogens is 2. The lowest BCUT2D eigenvalue weighted by molar-refractivity contribution is 0.769. The number of rotatable bonds is 3. The van der Waals surface area contributed by atoms with Crippen molar-refractivity contribution in [2.75, 3.05) is 5.32 Å². The summed E-state index contributed by atoms with van der Waals surface area (Å²) in [5.74, 6) is 1.04. The molecule has 0 radical (unpaired) electrons. The van der Waals surface area contributed by atoms with Gasteiger partial charge in [0, 0.05) is 19.7 Å². The van der Waals surface area contributed by atoms with Crippen LogP contribution in [0, 0.1) is 6.92 Å². The molecule has 3 heteroatoms. The second-order valence-electron chi connectivity index (χ2n) is 3.68. The number of aryl methyl sites for hydroxylation is 2. The van der Waals surface area contributed by atoms with Crippen LogP contribution >= 0.6 is 0 Å². The van der Waals surface area contributed by atoms with Crippen LogP contribution in [0.1, 0.15) is 11.1 Å². The van der Waals surface area contributed by atoms with Crippen molar-refractivity contribution in [2.45, 2.75) is 13.5 Å². The fourth-order valence-electron chi connectivity index (χ4n) is 1.45. The Labute approximate surface area is 89.7 Å². The van der Waals surface area contributed by atoms with Crippen molar-refractivity contribution in [2.24, 2.45) is 7.05 Å². The molecule has 0 saturated heterocycles. The summed E-state index contributed by atoms with van der Waals surface area (Å²) < 4.78 is 1.83. The van der Waals surface area contributed by atoms with Gasteiger partial charge in [-0.05, 0) is 12.5 Å². The Balaban J connectivity index is 1.99. The van der Waals surface area contributed by atoms with Crippen molar-refractivity contribution in [1.82, 2.24) is 9.78 Å². The summed E-state index contributed by atoms with van der Waals surface area (Å²) in [5.41, 5.74) is 2.57. The molecule has 1 aromatic heterocycles. The molecule has 0 fully saturated rings. The van der Waals surface area contributed by atoms with Crippen LogP contribution in [0.4, 0.5) is 5.82 Å². The fourth-order valence-corrected chi connectivity index (χ4v) is 1.45. The van der Waals surface area contributed by atoms with Crippen LogP contribution in [0.15, 0.2) is 36.5 Å². The Morgan fingerprint density at radius 1 is 1.20 bits per heavy atom. The largest absolute Gasteiger partial charge is 0.366 e. The maximum atomic E-state index is 4.10. The molecule has 0 amide bonds. The molecule has 0 aliphatic heterocycles. The van der Waals surface area contributed by atoms with Crippen LogP contribution in [0.5, 0.6) is 0 Å². The summed E-state index contributed by atoms with van der Waals surface area (Å²) >= 11 is 0. The van der Waals surface area contributed by atoms with Crippen molar-refractivity contribution in [3.8, 4) is 0 Å². The third-order valence-electron chi connectivity index (χ3n) is 2.42. The molecule has 0 spiro atoms. The molecular formula is C12H15N3. The van der Waals surface area contributed by atoms with Gasteiger partial charge in [0.05, 0.1) is 6.20 Å². The highest BCUT2D eigenvalue weighted by molar-refractivity contribution is 5.35. The van der Waals surface area contributed by atoms with Gasteiger partial charge in [-0.15, -0.1) is 0 Å².